The molecule has 1 aliphatic heterocycles. The molecule has 27 heavy (non-hydrogen) atoms. The minimum atomic E-state index is -2.38. The molecule has 0 atom stereocenters. The summed E-state index contributed by atoms with van der Waals surface area (Å²) in [6, 6.07) is 32.6. The fourth-order valence-electron chi connectivity index (χ4n) is 4.41. The minimum Gasteiger partial charge on any atom is -0.497 e. The molecule has 0 aliphatic carbocycles. The maximum atomic E-state index is 5.52. The molecule has 5 rings (SSSR count). The van der Waals surface area contributed by atoms with E-state index < -0.39 is 8.07 Å². The zero-order valence-electron chi connectivity index (χ0n) is 15.1. The number of nitrogens with zero attached hydrogens (tertiary/aromatic N) is 1. The smallest absolute Gasteiger partial charge is 0.182 e. The first-order chi connectivity index (χ1) is 13.4. The summed E-state index contributed by atoms with van der Waals surface area (Å²) in [7, 11) is -0.662. The van der Waals surface area contributed by atoms with Crippen LogP contribution in [0.25, 0.3) is 11.3 Å². The van der Waals surface area contributed by atoms with Crippen molar-refractivity contribution in [3.05, 3.63) is 97.2 Å². The molecular weight excluding hydrogens is 346 g/mol. The molecule has 2 heterocycles. The molecule has 2 nitrogen and oxygen atoms in total. The topological polar surface area (TPSA) is 22.1 Å². The Bertz CT molecular complexity index is 1070. The molecule has 0 spiro atoms. The molecule has 0 radical (unpaired) electrons. The van der Waals surface area contributed by atoms with Gasteiger partial charge in [-0.15, -0.1) is 0 Å². The van der Waals surface area contributed by atoms with Crippen molar-refractivity contribution in [1.29, 1.82) is 0 Å². The van der Waals surface area contributed by atoms with Gasteiger partial charge in [0.05, 0.1) is 12.8 Å². The van der Waals surface area contributed by atoms with Crippen LogP contribution in [0.15, 0.2) is 97.2 Å². The Morgan fingerprint density at radius 2 is 1.37 bits per heavy atom. The number of hydrogen-bond donors (Lipinski definition) is 0. The monoisotopic (exact) mass is 365 g/mol. The van der Waals surface area contributed by atoms with E-state index in [1.165, 1.54) is 26.3 Å². The van der Waals surface area contributed by atoms with Crippen molar-refractivity contribution in [2.24, 2.45) is 0 Å². The van der Waals surface area contributed by atoms with Crippen molar-refractivity contribution in [2.75, 3.05) is 7.11 Å². The van der Waals surface area contributed by atoms with Gasteiger partial charge in [-0.2, -0.15) is 0 Å². The first kappa shape index (κ1) is 16.0. The van der Waals surface area contributed by atoms with Gasteiger partial charge in [0, 0.05) is 11.8 Å². The fourth-order valence-corrected chi connectivity index (χ4v) is 9.49. The Labute approximate surface area is 160 Å². The fraction of sp³-hybridized carbons (Fsp3) is 0.0417. The van der Waals surface area contributed by atoms with E-state index in [4.69, 9.17) is 9.72 Å². The van der Waals surface area contributed by atoms with E-state index in [1.807, 2.05) is 6.20 Å². The molecule has 0 N–H and O–H groups in total. The predicted molar refractivity (Wildman–Crippen MR) is 113 cm³/mol. The number of benzene rings is 3. The van der Waals surface area contributed by atoms with Crippen molar-refractivity contribution >= 4 is 28.8 Å². The number of rotatable bonds is 3. The lowest BCUT2D eigenvalue weighted by Gasteiger charge is -2.30. The molecule has 3 heteroatoms. The third-order valence-electron chi connectivity index (χ3n) is 5.51. The molecule has 0 fully saturated rings. The van der Waals surface area contributed by atoms with Crippen molar-refractivity contribution in [3.8, 4) is 17.0 Å². The van der Waals surface area contributed by atoms with Gasteiger partial charge in [0.25, 0.3) is 0 Å². The van der Waals surface area contributed by atoms with Crippen LogP contribution < -0.4 is 25.5 Å². The highest BCUT2D eigenvalue weighted by atomic mass is 28.3. The van der Waals surface area contributed by atoms with Crippen LogP contribution in [0.4, 0.5) is 0 Å². The lowest BCUT2D eigenvalue weighted by Crippen LogP contribution is -2.72. The van der Waals surface area contributed by atoms with Crippen molar-refractivity contribution in [2.45, 2.75) is 0 Å². The number of ether oxygens (including phenoxy) is 1. The summed E-state index contributed by atoms with van der Waals surface area (Å²) in [6.45, 7) is 0. The van der Waals surface area contributed by atoms with Gasteiger partial charge in [-0.1, -0.05) is 72.8 Å². The summed E-state index contributed by atoms with van der Waals surface area (Å²) in [4.78, 5) is 4.80. The molecule has 0 saturated heterocycles. The van der Waals surface area contributed by atoms with Crippen LogP contribution in [0, 0.1) is 0 Å². The second kappa shape index (κ2) is 6.22. The maximum Gasteiger partial charge on any atom is 0.182 e. The van der Waals surface area contributed by atoms with Crippen LogP contribution in [0.3, 0.4) is 0 Å². The minimum absolute atomic E-state index is 0.872. The largest absolute Gasteiger partial charge is 0.497 e. The average Bonchev–Trinajstić information content (AvgIpc) is 3.05. The van der Waals surface area contributed by atoms with E-state index in [2.05, 4.69) is 91.0 Å². The van der Waals surface area contributed by atoms with Gasteiger partial charge in [-0.25, -0.2) is 0 Å². The summed E-state index contributed by atoms with van der Waals surface area (Å²) in [5, 5.41) is 5.50. The number of fused-ring (bicyclic) bond motifs is 3. The van der Waals surface area contributed by atoms with Crippen molar-refractivity contribution < 1.29 is 4.74 Å². The summed E-state index contributed by atoms with van der Waals surface area (Å²) >= 11 is 0. The van der Waals surface area contributed by atoms with Gasteiger partial charge in [-0.3, -0.25) is 4.98 Å². The van der Waals surface area contributed by atoms with E-state index in [0.29, 0.717) is 0 Å². The molecule has 0 amide bonds. The first-order valence-corrected chi connectivity index (χ1v) is 11.1. The second-order valence-corrected chi connectivity index (χ2v) is 10.5. The van der Waals surface area contributed by atoms with Crippen molar-refractivity contribution in [3.63, 3.8) is 0 Å². The Kier molecular flexibility index (Phi) is 3.69. The van der Waals surface area contributed by atoms with E-state index >= 15 is 0 Å². The number of pyridine rings is 1. The molecule has 4 aromatic rings. The Morgan fingerprint density at radius 3 is 2.00 bits per heavy atom. The predicted octanol–water partition coefficient (Wildman–Crippen LogP) is 2.45. The molecule has 130 valence electrons. The highest BCUT2D eigenvalue weighted by Crippen LogP contribution is 2.29. The van der Waals surface area contributed by atoms with E-state index in [-0.39, 0.29) is 0 Å². The molecule has 0 saturated carbocycles. The Balaban J connectivity index is 1.95. The van der Waals surface area contributed by atoms with Gasteiger partial charge >= 0.3 is 0 Å². The molecule has 0 bridgehead atoms. The third kappa shape index (κ3) is 2.22. The SMILES string of the molecule is COc1ccc2c(c1)-c1ncccc1[Si]2(c1ccccc1)c1ccccc1. The third-order valence-corrected chi connectivity index (χ3v) is 10.4. The van der Waals surface area contributed by atoms with E-state index in [0.717, 1.165) is 11.4 Å². The van der Waals surface area contributed by atoms with Crippen LogP contribution in [0.5, 0.6) is 5.75 Å². The number of hydrogen-bond acceptors (Lipinski definition) is 2. The van der Waals surface area contributed by atoms with Crippen LogP contribution in [-0.2, 0) is 0 Å². The summed E-state index contributed by atoms with van der Waals surface area (Å²) in [5.41, 5.74) is 2.29. The standard InChI is InChI=1S/C24H19NOSi/c1-26-18-14-15-22-21(17-18)24-23(13-8-16-25-24)27(22,19-9-4-2-5-10-19)20-11-6-3-7-12-20/h2-17H,1H3. The highest BCUT2D eigenvalue weighted by Gasteiger charge is 2.49. The summed E-state index contributed by atoms with van der Waals surface area (Å²) < 4.78 is 5.52. The maximum absolute atomic E-state index is 5.52. The van der Waals surface area contributed by atoms with Crippen molar-refractivity contribution in [1.82, 2.24) is 4.98 Å². The van der Waals surface area contributed by atoms with Crippen LogP contribution in [0.2, 0.25) is 0 Å². The van der Waals surface area contributed by atoms with Gasteiger partial charge < -0.3 is 4.74 Å². The van der Waals surface area contributed by atoms with Crippen LogP contribution >= 0.6 is 0 Å². The van der Waals surface area contributed by atoms with Gasteiger partial charge in [0.15, 0.2) is 8.07 Å². The van der Waals surface area contributed by atoms with Gasteiger partial charge in [0.2, 0.25) is 0 Å². The summed E-state index contributed by atoms with van der Waals surface area (Å²) in [5.74, 6) is 0.872. The zero-order chi connectivity index (χ0) is 18.3. The zero-order valence-corrected chi connectivity index (χ0v) is 16.1. The molecule has 1 aliphatic rings. The first-order valence-electron chi connectivity index (χ1n) is 9.11. The second-order valence-electron chi connectivity index (χ2n) is 6.79. The Hall–Kier alpha value is -3.17. The molecule has 0 unspecified atom stereocenters. The van der Waals surface area contributed by atoms with E-state index in [1.54, 1.807) is 7.11 Å². The molecular formula is C24H19NOSi. The molecule has 1 aromatic heterocycles. The normalized spacial score (nSPS) is 13.7. The quantitative estimate of drug-likeness (QED) is 0.458. The van der Waals surface area contributed by atoms with Crippen LogP contribution in [-0.4, -0.2) is 20.2 Å². The highest BCUT2D eigenvalue weighted by molar-refractivity contribution is 7.22. The number of methoxy groups -OCH3 is 1. The lowest BCUT2D eigenvalue weighted by molar-refractivity contribution is 0.415. The van der Waals surface area contributed by atoms with Gasteiger partial charge in [-0.05, 0) is 38.9 Å². The summed E-state index contributed by atoms with van der Waals surface area (Å²) in [6.07, 6.45) is 1.89. The lowest BCUT2D eigenvalue weighted by atomic mass is 10.1. The number of aromatic nitrogens is 1. The molecule has 3 aromatic carbocycles. The Morgan fingerprint density at radius 1 is 0.704 bits per heavy atom. The average molecular weight is 366 g/mol. The van der Waals surface area contributed by atoms with Crippen LogP contribution in [0.1, 0.15) is 0 Å². The van der Waals surface area contributed by atoms with E-state index in [9.17, 15) is 0 Å². The van der Waals surface area contributed by atoms with Gasteiger partial charge in [0.1, 0.15) is 5.75 Å².